The summed E-state index contributed by atoms with van der Waals surface area (Å²) in [6.45, 7) is -0.325. The molecule has 0 saturated carbocycles. The van der Waals surface area contributed by atoms with Crippen molar-refractivity contribution in [3.8, 4) is 0 Å². The van der Waals surface area contributed by atoms with Crippen LogP contribution >= 0.6 is 11.6 Å². The predicted molar refractivity (Wildman–Crippen MR) is 68.0 cm³/mol. The first-order chi connectivity index (χ1) is 7.27. The van der Waals surface area contributed by atoms with Gasteiger partial charge in [0.25, 0.3) is 10.1 Å². The first kappa shape index (κ1) is 17.3. The molecule has 0 bridgehead atoms. The number of hydrogen-bond acceptors (Lipinski definition) is 4. The van der Waals surface area contributed by atoms with E-state index >= 15 is 0 Å². The standard InChI is InChI=1S/C9H12ClNO4S.Na.H/c10-8-3-1-7(2-4-8)9(12,5-11)6-16(13,14)15;;/h1-4,12H,5-6,11H2,(H,13,14,15);;. The molecule has 0 aromatic heterocycles. The van der Waals surface area contributed by atoms with Gasteiger partial charge < -0.3 is 10.8 Å². The maximum atomic E-state index is 10.8. The molecule has 5 nitrogen and oxygen atoms in total. The van der Waals surface area contributed by atoms with Crippen LogP contribution in [0.1, 0.15) is 5.56 Å². The average Bonchev–Trinajstić information content (AvgIpc) is 2.16. The number of benzene rings is 1. The van der Waals surface area contributed by atoms with E-state index in [4.69, 9.17) is 21.9 Å². The van der Waals surface area contributed by atoms with Gasteiger partial charge in [0.05, 0.1) is 0 Å². The molecule has 0 radical (unpaired) electrons. The van der Waals surface area contributed by atoms with Crippen LogP contribution in [0.15, 0.2) is 24.3 Å². The average molecular weight is 290 g/mol. The fraction of sp³-hybridized carbons (Fsp3) is 0.333. The van der Waals surface area contributed by atoms with Crippen LogP contribution in [0.3, 0.4) is 0 Å². The fourth-order valence-electron chi connectivity index (χ4n) is 1.32. The minimum atomic E-state index is -4.32. The molecule has 1 aromatic rings. The Hall–Kier alpha value is 0.340. The van der Waals surface area contributed by atoms with Crippen molar-refractivity contribution in [1.29, 1.82) is 0 Å². The van der Waals surface area contributed by atoms with Crippen molar-refractivity contribution in [3.63, 3.8) is 0 Å². The Morgan fingerprint density at radius 3 is 2.12 bits per heavy atom. The molecule has 4 N–H and O–H groups in total. The molecule has 0 amide bonds. The molecule has 1 atom stereocenters. The molecule has 1 aromatic carbocycles. The molecule has 0 aliphatic heterocycles. The van der Waals surface area contributed by atoms with E-state index in [1.807, 2.05) is 0 Å². The van der Waals surface area contributed by atoms with E-state index in [2.05, 4.69) is 0 Å². The summed E-state index contributed by atoms with van der Waals surface area (Å²) in [6, 6.07) is 5.92. The number of nitrogens with two attached hydrogens (primary N) is 1. The van der Waals surface area contributed by atoms with Crippen molar-refractivity contribution in [2.24, 2.45) is 5.73 Å². The van der Waals surface area contributed by atoms with E-state index < -0.39 is 21.5 Å². The zero-order valence-corrected chi connectivity index (χ0v) is 9.87. The SMILES string of the molecule is NCC(O)(CS(=O)(=O)O)c1ccc(Cl)cc1.[NaH]. The summed E-state index contributed by atoms with van der Waals surface area (Å²) in [5, 5.41) is 10.5. The van der Waals surface area contributed by atoms with Crippen molar-refractivity contribution in [2.45, 2.75) is 5.60 Å². The van der Waals surface area contributed by atoms with Crippen molar-refractivity contribution < 1.29 is 18.1 Å². The Morgan fingerprint density at radius 2 is 1.76 bits per heavy atom. The van der Waals surface area contributed by atoms with Gasteiger partial charge in [-0.25, -0.2) is 0 Å². The Kier molecular flexibility index (Phi) is 6.62. The molecule has 0 heterocycles. The summed E-state index contributed by atoms with van der Waals surface area (Å²) in [4.78, 5) is 0. The molecule has 8 heteroatoms. The topological polar surface area (TPSA) is 101 Å². The molecule has 0 saturated heterocycles. The third-order valence-electron chi connectivity index (χ3n) is 2.14. The van der Waals surface area contributed by atoms with Gasteiger partial charge >= 0.3 is 29.6 Å². The Bertz CT molecular complexity index is 464. The number of hydrogen-bond donors (Lipinski definition) is 3. The summed E-state index contributed by atoms with van der Waals surface area (Å²) in [6.07, 6.45) is 0. The van der Waals surface area contributed by atoms with Gasteiger partial charge in [0.2, 0.25) is 0 Å². The maximum absolute atomic E-state index is 10.8. The van der Waals surface area contributed by atoms with E-state index in [1.165, 1.54) is 24.3 Å². The quantitative estimate of drug-likeness (QED) is 0.523. The minimum absolute atomic E-state index is 0. The van der Waals surface area contributed by atoms with Crippen molar-refractivity contribution in [3.05, 3.63) is 34.9 Å². The van der Waals surface area contributed by atoms with Gasteiger partial charge in [-0.1, -0.05) is 23.7 Å². The molecule has 0 fully saturated rings. The molecule has 1 rings (SSSR count). The molecule has 92 valence electrons. The van der Waals surface area contributed by atoms with Crippen LogP contribution in [0.2, 0.25) is 5.02 Å². The van der Waals surface area contributed by atoms with Crippen molar-refractivity contribution in [1.82, 2.24) is 0 Å². The second-order valence-electron chi connectivity index (χ2n) is 3.47. The zero-order valence-electron chi connectivity index (χ0n) is 8.30. The third kappa shape index (κ3) is 5.23. The van der Waals surface area contributed by atoms with Crippen molar-refractivity contribution >= 4 is 51.3 Å². The van der Waals surface area contributed by atoms with Crippen LogP contribution in [0, 0.1) is 0 Å². The molecule has 1 unspecified atom stereocenters. The van der Waals surface area contributed by atoms with Crippen LogP contribution in [-0.4, -0.2) is 59.9 Å². The fourth-order valence-corrected chi connectivity index (χ4v) is 2.34. The Labute approximate surface area is 127 Å². The third-order valence-corrected chi connectivity index (χ3v) is 3.23. The molecule has 0 aliphatic rings. The van der Waals surface area contributed by atoms with Gasteiger partial charge in [-0.15, -0.1) is 0 Å². The number of halogens is 1. The second kappa shape index (κ2) is 6.49. The summed E-state index contributed by atoms with van der Waals surface area (Å²) < 4.78 is 30.3. The van der Waals surface area contributed by atoms with Crippen LogP contribution in [0.5, 0.6) is 0 Å². The van der Waals surface area contributed by atoms with Gasteiger partial charge in [0.15, 0.2) is 0 Å². The summed E-state index contributed by atoms with van der Waals surface area (Å²) in [7, 11) is -4.32. The number of rotatable bonds is 4. The normalized spacial score (nSPS) is 14.8. The van der Waals surface area contributed by atoms with Crippen LogP contribution in [0.25, 0.3) is 0 Å². The molecular formula is C9H13ClNNaO4S. The predicted octanol–water partition coefficient (Wildman–Crippen LogP) is -0.274. The van der Waals surface area contributed by atoms with E-state index in [0.717, 1.165) is 0 Å². The van der Waals surface area contributed by atoms with E-state index in [9.17, 15) is 13.5 Å². The monoisotopic (exact) mass is 289 g/mol. The van der Waals surface area contributed by atoms with Crippen LogP contribution < -0.4 is 5.73 Å². The molecule has 0 aliphatic carbocycles. The van der Waals surface area contributed by atoms with E-state index in [1.54, 1.807) is 0 Å². The summed E-state index contributed by atoms with van der Waals surface area (Å²) in [5.41, 5.74) is 3.81. The first-order valence-electron chi connectivity index (χ1n) is 4.40. The summed E-state index contributed by atoms with van der Waals surface area (Å²) >= 11 is 5.66. The Morgan fingerprint density at radius 1 is 1.29 bits per heavy atom. The van der Waals surface area contributed by atoms with Crippen molar-refractivity contribution in [2.75, 3.05) is 12.3 Å². The van der Waals surface area contributed by atoms with E-state index in [-0.39, 0.29) is 41.7 Å². The molecule has 17 heavy (non-hydrogen) atoms. The first-order valence-corrected chi connectivity index (χ1v) is 6.39. The zero-order chi connectivity index (χ0) is 12.4. The molecular weight excluding hydrogens is 277 g/mol. The van der Waals surface area contributed by atoms with Gasteiger partial charge in [-0.05, 0) is 17.7 Å². The Balaban J connectivity index is 0.00000256. The van der Waals surface area contributed by atoms with Gasteiger partial charge in [-0.2, -0.15) is 8.42 Å². The summed E-state index contributed by atoms with van der Waals surface area (Å²) in [5.74, 6) is -0.849. The van der Waals surface area contributed by atoms with Crippen LogP contribution in [0.4, 0.5) is 0 Å². The van der Waals surface area contributed by atoms with Gasteiger partial charge in [-0.3, -0.25) is 4.55 Å². The molecule has 0 spiro atoms. The van der Waals surface area contributed by atoms with E-state index in [0.29, 0.717) is 5.02 Å². The van der Waals surface area contributed by atoms with Gasteiger partial charge in [0.1, 0.15) is 11.4 Å². The number of aliphatic hydroxyl groups is 1. The van der Waals surface area contributed by atoms with Crippen LogP contribution in [-0.2, 0) is 15.7 Å². The van der Waals surface area contributed by atoms with Gasteiger partial charge in [0, 0.05) is 11.6 Å². The second-order valence-corrected chi connectivity index (χ2v) is 5.36.